The first-order chi connectivity index (χ1) is 6.42. The van der Waals surface area contributed by atoms with E-state index < -0.39 is 0 Å². The van der Waals surface area contributed by atoms with Crippen molar-refractivity contribution >= 4 is 0 Å². The number of ether oxygens (including phenoxy) is 1. The van der Waals surface area contributed by atoms with Gasteiger partial charge in [-0.2, -0.15) is 0 Å². The van der Waals surface area contributed by atoms with Gasteiger partial charge in [-0.25, -0.2) is 0 Å². The molecule has 2 rings (SSSR count). The molecule has 0 fully saturated rings. The second-order valence-corrected chi connectivity index (χ2v) is 3.59. The predicted octanol–water partition coefficient (Wildman–Crippen LogP) is 3.35. The first kappa shape index (κ1) is 8.61. The molecule has 0 unspecified atom stereocenters. The van der Waals surface area contributed by atoms with Crippen LogP contribution in [0.5, 0.6) is 0 Å². The van der Waals surface area contributed by atoms with E-state index in [1.165, 1.54) is 30.4 Å². The molecule has 0 N–H and O–H groups in total. The molecule has 0 spiro atoms. The molecule has 0 saturated heterocycles. The third kappa shape index (κ3) is 1.69. The molecule has 0 amide bonds. The Kier molecular flexibility index (Phi) is 2.53. The summed E-state index contributed by atoms with van der Waals surface area (Å²) < 4.78 is 5.64. The third-order valence-electron chi connectivity index (χ3n) is 2.57. The van der Waals surface area contributed by atoms with E-state index in [1.807, 2.05) is 0 Å². The van der Waals surface area contributed by atoms with E-state index in [-0.39, 0.29) is 0 Å². The summed E-state index contributed by atoms with van der Waals surface area (Å²) in [4.78, 5) is 0. The molecule has 1 aliphatic heterocycles. The second kappa shape index (κ2) is 3.82. The van der Waals surface area contributed by atoms with E-state index in [1.54, 1.807) is 0 Å². The average molecular weight is 176 g/mol. The number of rotatable bonds is 2. The quantitative estimate of drug-likeness (QED) is 0.627. The third-order valence-corrected chi connectivity index (χ3v) is 2.57. The highest BCUT2D eigenvalue weighted by Gasteiger charge is 2.20. The lowest BCUT2D eigenvalue weighted by Gasteiger charge is -2.06. The van der Waals surface area contributed by atoms with Gasteiger partial charge < -0.3 is 4.74 Å². The van der Waals surface area contributed by atoms with Crippen LogP contribution in [0.4, 0.5) is 0 Å². The van der Waals surface area contributed by atoms with Crippen molar-refractivity contribution < 1.29 is 4.74 Å². The lowest BCUT2D eigenvalue weighted by molar-refractivity contribution is 0.270. The topological polar surface area (TPSA) is 9.23 Å². The maximum absolute atomic E-state index is 5.64. The summed E-state index contributed by atoms with van der Waals surface area (Å²) in [6, 6.07) is 0. The number of hydrogen-bond acceptors (Lipinski definition) is 1. The summed E-state index contributed by atoms with van der Waals surface area (Å²) in [5.74, 6) is 1.15. The largest absolute Gasteiger partial charge is 0.489 e. The molecule has 0 bridgehead atoms. The summed E-state index contributed by atoms with van der Waals surface area (Å²) >= 11 is 0. The molecular formula is C12H16O. The van der Waals surface area contributed by atoms with Crippen LogP contribution in [0.2, 0.25) is 0 Å². The van der Waals surface area contributed by atoms with Gasteiger partial charge in [-0.1, -0.05) is 25.5 Å². The molecule has 0 saturated carbocycles. The average Bonchev–Trinajstić information content (AvgIpc) is 2.58. The van der Waals surface area contributed by atoms with Gasteiger partial charge in [0.25, 0.3) is 0 Å². The lowest BCUT2D eigenvalue weighted by Crippen LogP contribution is -1.90. The van der Waals surface area contributed by atoms with Crippen LogP contribution in [0, 0.1) is 0 Å². The summed E-state index contributed by atoms with van der Waals surface area (Å²) in [7, 11) is 0. The van der Waals surface area contributed by atoms with Gasteiger partial charge >= 0.3 is 0 Å². The highest BCUT2D eigenvalue weighted by atomic mass is 16.5. The second-order valence-electron chi connectivity index (χ2n) is 3.59. The Balaban J connectivity index is 2.16. The summed E-state index contributed by atoms with van der Waals surface area (Å²) in [5.41, 5.74) is 2.85. The molecule has 1 heterocycles. The van der Waals surface area contributed by atoms with Crippen LogP contribution < -0.4 is 0 Å². The molecule has 0 aromatic rings. The molecule has 0 radical (unpaired) electrons. The van der Waals surface area contributed by atoms with Crippen molar-refractivity contribution in [2.75, 3.05) is 6.61 Å². The van der Waals surface area contributed by atoms with E-state index in [9.17, 15) is 0 Å². The van der Waals surface area contributed by atoms with Gasteiger partial charge in [-0.05, 0) is 30.9 Å². The molecule has 13 heavy (non-hydrogen) atoms. The molecule has 0 aromatic carbocycles. The van der Waals surface area contributed by atoms with Crippen molar-refractivity contribution in [3.8, 4) is 0 Å². The van der Waals surface area contributed by atoms with E-state index >= 15 is 0 Å². The number of unbranched alkanes of at least 4 members (excludes halogenated alkanes) is 1. The van der Waals surface area contributed by atoms with Crippen LogP contribution in [0.15, 0.2) is 35.1 Å². The fourth-order valence-corrected chi connectivity index (χ4v) is 1.83. The molecule has 1 aliphatic carbocycles. The Bertz CT molecular complexity index is 281. The van der Waals surface area contributed by atoms with Crippen molar-refractivity contribution in [1.29, 1.82) is 0 Å². The first-order valence-corrected chi connectivity index (χ1v) is 5.13. The minimum Gasteiger partial charge on any atom is -0.489 e. The van der Waals surface area contributed by atoms with Crippen molar-refractivity contribution in [2.45, 2.75) is 32.6 Å². The maximum atomic E-state index is 5.64. The van der Waals surface area contributed by atoms with Crippen molar-refractivity contribution in [3.63, 3.8) is 0 Å². The van der Waals surface area contributed by atoms with E-state index in [0.29, 0.717) is 0 Å². The van der Waals surface area contributed by atoms with Gasteiger partial charge in [0.05, 0.1) is 0 Å². The van der Waals surface area contributed by atoms with Gasteiger partial charge in [0, 0.05) is 5.57 Å². The highest BCUT2D eigenvalue weighted by molar-refractivity contribution is 5.43. The zero-order valence-electron chi connectivity index (χ0n) is 8.18. The Morgan fingerprint density at radius 2 is 2.46 bits per heavy atom. The molecule has 0 aromatic heterocycles. The molecule has 0 atom stereocenters. The van der Waals surface area contributed by atoms with Crippen molar-refractivity contribution in [1.82, 2.24) is 0 Å². The molecule has 1 nitrogen and oxygen atoms in total. The minimum atomic E-state index is 0.793. The van der Waals surface area contributed by atoms with Gasteiger partial charge in [-0.3, -0.25) is 0 Å². The normalized spacial score (nSPS) is 23.6. The summed E-state index contributed by atoms with van der Waals surface area (Å²) in [5, 5.41) is 0. The summed E-state index contributed by atoms with van der Waals surface area (Å²) in [6.45, 7) is 2.99. The van der Waals surface area contributed by atoms with Crippen molar-refractivity contribution in [2.24, 2.45) is 0 Å². The smallest absolute Gasteiger partial charge is 0.119 e. The molecule has 70 valence electrons. The fraction of sp³-hybridized carbons (Fsp3) is 0.500. The van der Waals surface area contributed by atoms with E-state index in [4.69, 9.17) is 4.74 Å². The van der Waals surface area contributed by atoms with E-state index in [0.717, 1.165) is 18.8 Å². The van der Waals surface area contributed by atoms with Crippen LogP contribution in [0.25, 0.3) is 0 Å². The van der Waals surface area contributed by atoms with Gasteiger partial charge in [0.2, 0.25) is 0 Å². The maximum Gasteiger partial charge on any atom is 0.119 e. The Labute approximate surface area is 79.8 Å². The Morgan fingerprint density at radius 3 is 3.31 bits per heavy atom. The zero-order chi connectivity index (χ0) is 9.10. The van der Waals surface area contributed by atoms with Crippen LogP contribution in [-0.2, 0) is 4.74 Å². The highest BCUT2D eigenvalue weighted by Crippen LogP contribution is 2.32. The molecule has 2 aliphatic rings. The van der Waals surface area contributed by atoms with Crippen molar-refractivity contribution in [3.05, 3.63) is 35.1 Å². The lowest BCUT2D eigenvalue weighted by atomic mass is 9.98. The monoisotopic (exact) mass is 176 g/mol. The summed E-state index contributed by atoms with van der Waals surface area (Å²) in [6.07, 6.45) is 11.4. The van der Waals surface area contributed by atoms with Gasteiger partial charge in [-0.15, -0.1) is 0 Å². The zero-order valence-corrected chi connectivity index (χ0v) is 8.18. The number of allylic oxidation sites excluding steroid dienone is 3. The Hall–Kier alpha value is -0.980. The SMILES string of the molecule is CCCC=C1OCC2=C1CCC=C2. The Morgan fingerprint density at radius 1 is 1.54 bits per heavy atom. The standard InChI is InChI=1S/C12H16O/c1-2-3-8-12-11-7-5-4-6-10(11)9-13-12/h4,6,8H,2-3,5,7,9H2,1H3. The molecule has 1 heteroatoms. The fourth-order valence-electron chi connectivity index (χ4n) is 1.83. The number of hydrogen-bond donors (Lipinski definition) is 0. The van der Waals surface area contributed by atoms with Crippen LogP contribution in [0.1, 0.15) is 32.6 Å². The van der Waals surface area contributed by atoms with E-state index in [2.05, 4.69) is 25.2 Å². The van der Waals surface area contributed by atoms with Crippen LogP contribution in [0.3, 0.4) is 0 Å². The van der Waals surface area contributed by atoms with Crippen LogP contribution in [-0.4, -0.2) is 6.61 Å². The van der Waals surface area contributed by atoms with Crippen LogP contribution >= 0.6 is 0 Å². The first-order valence-electron chi connectivity index (χ1n) is 5.13. The molecular weight excluding hydrogens is 160 g/mol. The minimum absolute atomic E-state index is 0.793. The van der Waals surface area contributed by atoms with Gasteiger partial charge in [0.1, 0.15) is 12.4 Å². The van der Waals surface area contributed by atoms with Gasteiger partial charge in [0.15, 0.2) is 0 Å². The predicted molar refractivity (Wildman–Crippen MR) is 54.3 cm³/mol.